The van der Waals surface area contributed by atoms with Gasteiger partial charge in [0, 0.05) is 25.2 Å². The molecule has 1 aromatic carbocycles. The van der Waals surface area contributed by atoms with Crippen molar-refractivity contribution in [1.82, 2.24) is 15.1 Å². The van der Waals surface area contributed by atoms with Crippen molar-refractivity contribution in [1.29, 1.82) is 0 Å². The number of ether oxygens (including phenoxy) is 1. The molecular formula is C13H16BrN3O. The molecule has 0 atom stereocenters. The van der Waals surface area contributed by atoms with Crippen molar-refractivity contribution in [3.8, 4) is 11.4 Å². The van der Waals surface area contributed by atoms with Crippen LogP contribution in [0.25, 0.3) is 5.69 Å². The molecule has 0 aliphatic rings. The van der Waals surface area contributed by atoms with E-state index in [0.717, 1.165) is 34.6 Å². The van der Waals surface area contributed by atoms with Crippen molar-refractivity contribution < 1.29 is 4.74 Å². The van der Waals surface area contributed by atoms with Crippen LogP contribution in [0.4, 0.5) is 0 Å². The first kappa shape index (κ1) is 13.1. The van der Waals surface area contributed by atoms with Crippen molar-refractivity contribution in [2.45, 2.75) is 6.42 Å². The van der Waals surface area contributed by atoms with E-state index in [-0.39, 0.29) is 0 Å². The normalized spacial score (nSPS) is 10.6. The lowest BCUT2D eigenvalue weighted by Crippen LogP contribution is -2.11. The summed E-state index contributed by atoms with van der Waals surface area (Å²) in [6.45, 7) is 0.910. The Bertz CT molecular complexity index is 525. The van der Waals surface area contributed by atoms with Gasteiger partial charge >= 0.3 is 0 Å². The Hall–Kier alpha value is -1.33. The van der Waals surface area contributed by atoms with E-state index in [9.17, 15) is 0 Å². The van der Waals surface area contributed by atoms with Crippen LogP contribution in [0.2, 0.25) is 0 Å². The Balaban J connectivity index is 2.27. The summed E-state index contributed by atoms with van der Waals surface area (Å²) >= 11 is 3.54. The number of nitrogens with one attached hydrogen (secondary N) is 1. The predicted octanol–water partition coefficient (Wildman–Crippen LogP) is 2.41. The Kier molecular flexibility index (Phi) is 4.38. The average molecular weight is 310 g/mol. The summed E-state index contributed by atoms with van der Waals surface area (Å²) < 4.78 is 8.10. The predicted molar refractivity (Wildman–Crippen MR) is 75.4 cm³/mol. The fourth-order valence-electron chi connectivity index (χ4n) is 1.69. The largest absolute Gasteiger partial charge is 0.497 e. The molecule has 0 aliphatic carbocycles. The van der Waals surface area contributed by atoms with Gasteiger partial charge in [-0.3, -0.25) is 0 Å². The molecule has 0 aliphatic heterocycles. The molecule has 1 aromatic heterocycles. The molecule has 0 unspecified atom stereocenters. The van der Waals surface area contributed by atoms with Crippen LogP contribution in [0.15, 0.2) is 34.9 Å². The van der Waals surface area contributed by atoms with Gasteiger partial charge in [-0.15, -0.1) is 0 Å². The Labute approximate surface area is 115 Å². The van der Waals surface area contributed by atoms with Crippen LogP contribution in [0.5, 0.6) is 5.75 Å². The zero-order valence-electron chi connectivity index (χ0n) is 10.5. The van der Waals surface area contributed by atoms with Crippen LogP contribution in [-0.2, 0) is 6.42 Å². The Morgan fingerprint density at radius 3 is 3.00 bits per heavy atom. The minimum atomic E-state index is 0.830. The Morgan fingerprint density at radius 2 is 2.28 bits per heavy atom. The third kappa shape index (κ3) is 2.91. The maximum atomic E-state index is 5.22. The van der Waals surface area contributed by atoms with Crippen LogP contribution < -0.4 is 10.1 Å². The van der Waals surface area contributed by atoms with Gasteiger partial charge < -0.3 is 10.1 Å². The van der Waals surface area contributed by atoms with Crippen LogP contribution in [0.1, 0.15) is 5.69 Å². The van der Waals surface area contributed by atoms with Gasteiger partial charge in [0.1, 0.15) is 5.75 Å². The molecule has 0 spiro atoms. The maximum absolute atomic E-state index is 5.22. The number of aromatic nitrogens is 2. The molecule has 0 fully saturated rings. The topological polar surface area (TPSA) is 39.1 Å². The highest BCUT2D eigenvalue weighted by Crippen LogP contribution is 2.20. The van der Waals surface area contributed by atoms with E-state index in [2.05, 4.69) is 26.3 Å². The number of methoxy groups -OCH3 is 1. The van der Waals surface area contributed by atoms with Crippen LogP contribution >= 0.6 is 15.9 Å². The summed E-state index contributed by atoms with van der Waals surface area (Å²) in [6.07, 6.45) is 2.87. The number of halogens is 1. The van der Waals surface area contributed by atoms with Crippen molar-refractivity contribution in [3.05, 3.63) is 40.6 Å². The first-order valence-electron chi connectivity index (χ1n) is 5.77. The molecule has 0 amide bonds. The third-order valence-electron chi connectivity index (χ3n) is 2.67. The van der Waals surface area contributed by atoms with Gasteiger partial charge in [-0.2, -0.15) is 5.10 Å². The number of benzene rings is 1. The first-order valence-corrected chi connectivity index (χ1v) is 6.57. The second kappa shape index (κ2) is 6.02. The fraction of sp³-hybridized carbons (Fsp3) is 0.308. The fourth-order valence-corrected chi connectivity index (χ4v) is 2.16. The van der Waals surface area contributed by atoms with Gasteiger partial charge in [0.25, 0.3) is 0 Å². The minimum Gasteiger partial charge on any atom is -0.497 e. The number of nitrogens with zero attached hydrogens (tertiary/aromatic N) is 2. The maximum Gasteiger partial charge on any atom is 0.121 e. The monoisotopic (exact) mass is 309 g/mol. The summed E-state index contributed by atoms with van der Waals surface area (Å²) in [7, 11) is 3.60. The van der Waals surface area contributed by atoms with E-state index < -0.39 is 0 Å². The van der Waals surface area contributed by atoms with Crippen LogP contribution in [0, 0.1) is 0 Å². The number of rotatable bonds is 5. The van der Waals surface area contributed by atoms with E-state index in [4.69, 9.17) is 4.74 Å². The summed E-state index contributed by atoms with van der Waals surface area (Å²) in [4.78, 5) is 0. The number of likely N-dealkylation sites (N-methyl/N-ethyl adjacent to an activating group) is 1. The standard InChI is InChI=1S/C13H16BrN3O/c1-15-7-6-13-12(14)9-17(16-13)10-4-3-5-11(8-10)18-2/h3-5,8-9,15H,6-7H2,1-2H3. The highest BCUT2D eigenvalue weighted by Gasteiger charge is 2.07. The van der Waals surface area contributed by atoms with E-state index in [1.54, 1.807) is 7.11 Å². The molecule has 1 heterocycles. The van der Waals surface area contributed by atoms with Crippen LogP contribution in [0.3, 0.4) is 0 Å². The second-order valence-electron chi connectivity index (χ2n) is 3.92. The third-order valence-corrected chi connectivity index (χ3v) is 3.33. The molecule has 0 saturated heterocycles. The molecule has 0 radical (unpaired) electrons. The quantitative estimate of drug-likeness (QED) is 0.922. The highest BCUT2D eigenvalue weighted by molar-refractivity contribution is 9.10. The van der Waals surface area contributed by atoms with Gasteiger partial charge in [0.15, 0.2) is 0 Å². The van der Waals surface area contributed by atoms with Gasteiger partial charge in [-0.1, -0.05) is 6.07 Å². The molecule has 0 saturated carbocycles. The average Bonchev–Trinajstić information content (AvgIpc) is 2.78. The van der Waals surface area contributed by atoms with Gasteiger partial charge in [-0.25, -0.2) is 4.68 Å². The van der Waals surface area contributed by atoms with E-state index in [1.165, 1.54) is 0 Å². The number of hydrogen-bond donors (Lipinski definition) is 1. The Morgan fingerprint density at radius 1 is 1.44 bits per heavy atom. The lowest BCUT2D eigenvalue weighted by molar-refractivity contribution is 0.414. The SMILES string of the molecule is CNCCc1nn(-c2cccc(OC)c2)cc1Br. The van der Waals surface area contributed by atoms with E-state index >= 15 is 0 Å². The first-order chi connectivity index (χ1) is 8.74. The van der Waals surface area contributed by atoms with E-state index in [0.29, 0.717) is 0 Å². The zero-order chi connectivity index (χ0) is 13.0. The minimum absolute atomic E-state index is 0.830. The summed E-state index contributed by atoms with van der Waals surface area (Å²) in [6, 6.07) is 7.84. The summed E-state index contributed by atoms with van der Waals surface area (Å²) in [5, 5.41) is 7.69. The van der Waals surface area contributed by atoms with Crippen molar-refractivity contribution in [2.24, 2.45) is 0 Å². The zero-order valence-corrected chi connectivity index (χ0v) is 12.1. The smallest absolute Gasteiger partial charge is 0.121 e. The lowest BCUT2D eigenvalue weighted by Gasteiger charge is -2.04. The van der Waals surface area contributed by atoms with Gasteiger partial charge in [0.2, 0.25) is 0 Å². The lowest BCUT2D eigenvalue weighted by atomic mass is 10.3. The van der Waals surface area contributed by atoms with E-state index in [1.807, 2.05) is 42.2 Å². The van der Waals surface area contributed by atoms with Gasteiger partial charge in [0.05, 0.1) is 23.0 Å². The van der Waals surface area contributed by atoms with Crippen LogP contribution in [-0.4, -0.2) is 30.5 Å². The van der Waals surface area contributed by atoms with Crippen molar-refractivity contribution >= 4 is 15.9 Å². The molecule has 5 heteroatoms. The molecule has 18 heavy (non-hydrogen) atoms. The molecule has 0 bridgehead atoms. The molecule has 4 nitrogen and oxygen atoms in total. The molecule has 2 aromatic rings. The summed E-state index contributed by atoms with van der Waals surface area (Å²) in [5.74, 6) is 0.830. The van der Waals surface area contributed by atoms with Crippen molar-refractivity contribution in [3.63, 3.8) is 0 Å². The van der Waals surface area contributed by atoms with Crippen molar-refractivity contribution in [2.75, 3.05) is 20.7 Å². The number of hydrogen-bond acceptors (Lipinski definition) is 3. The molecule has 1 N–H and O–H groups in total. The molecular weight excluding hydrogens is 294 g/mol. The molecule has 96 valence electrons. The highest BCUT2D eigenvalue weighted by atomic mass is 79.9. The van der Waals surface area contributed by atoms with Gasteiger partial charge in [-0.05, 0) is 35.1 Å². The summed E-state index contributed by atoms with van der Waals surface area (Å²) in [5.41, 5.74) is 2.04. The second-order valence-corrected chi connectivity index (χ2v) is 4.78. The molecule has 2 rings (SSSR count).